The predicted octanol–water partition coefficient (Wildman–Crippen LogP) is 2.18. The van der Waals surface area contributed by atoms with Gasteiger partial charge in [-0.3, -0.25) is 4.72 Å². The number of pyridine rings is 1. The molecule has 0 atom stereocenters. The molecule has 0 aliphatic carbocycles. The molecule has 2 heterocycles. The van der Waals surface area contributed by atoms with E-state index in [1.54, 1.807) is 12.3 Å². The standard InChI is InChI=1S/C12H11FN2O4S2/c1-7-6-20-10(12(16)19-2)9(7)15-21(17,18)11-8(13)4-3-5-14-11/h3-6,15H,1-2H3. The Morgan fingerprint density at radius 2 is 2.19 bits per heavy atom. The third kappa shape index (κ3) is 3.03. The molecular weight excluding hydrogens is 319 g/mol. The number of nitrogens with zero attached hydrogens (tertiary/aromatic N) is 1. The third-order valence-electron chi connectivity index (χ3n) is 2.56. The Bertz CT molecular complexity index is 786. The normalized spacial score (nSPS) is 11.2. The van der Waals surface area contributed by atoms with E-state index in [1.165, 1.54) is 19.4 Å². The third-order valence-corrected chi connectivity index (χ3v) is 4.92. The molecule has 0 saturated carbocycles. The van der Waals surface area contributed by atoms with Gasteiger partial charge >= 0.3 is 5.97 Å². The van der Waals surface area contributed by atoms with Gasteiger partial charge in [0.15, 0.2) is 5.82 Å². The van der Waals surface area contributed by atoms with E-state index in [4.69, 9.17) is 0 Å². The number of anilines is 1. The van der Waals surface area contributed by atoms with Gasteiger partial charge in [-0.25, -0.2) is 14.2 Å². The Morgan fingerprint density at radius 3 is 2.81 bits per heavy atom. The van der Waals surface area contributed by atoms with Gasteiger partial charge in [0.2, 0.25) is 5.03 Å². The van der Waals surface area contributed by atoms with Crippen LogP contribution in [0.15, 0.2) is 28.7 Å². The number of aromatic nitrogens is 1. The highest BCUT2D eigenvalue weighted by Gasteiger charge is 2.25. The first-order valence-corrected chi connectivity index (χ1v) is 8.03. The molecule has 0 aliphatic rings. The average Bonchev–Trinajstić information content (AvgIpc) is 2.79. The average molecular weight is 330 g/mol. The lowest BCUT2D eigenvalue weighted by atomic mass is 10.3. The monoisotopic (exact) mass is 330 g/mol. The maximum absolute atomic E-state index is 13.6. The van der Waals surface area contributed by atoms with Crippen LogP contribution in [0.2, 0.25) is 0 Å². The molecule has 0 aliphatic heterocycles. The van der Waals surface area contributed by atoms with Crippen LogP contribution < -0.4 is 4.72 Å². The Balaban J connectivity index is 2.45. The number of thiophene rings is 1. The van der Waals surface area contributed by atoms with Crippen molar-refractivity contribution in [2.45, 2.75) is 11.9 Å². The maximum atomic E-state index is 13.6. The quantitative estimate of drug-likeness (QED) is 0.869. The molecule has 2 aromatic heterocycles. The van der Waals surface area contributed by atoms with Crippen molar-refractivity contribution in [1.82, 2.24) is 4.98 Å². The molecule has 0 bridgehead atoms. The summed E-state index contributed by atoms with van der Waals surface area (Å²) in [6, 6.07) is 2.27. The van der Waals surface area contributed by atoms with Crippen molar-refractivity contribution in [2.24, 2.45) is 0 Å². The van der Waals surface area contributed by atoms with E-state index in [9.17, 15) is 17.6 Å². The van der Waals surface area contributed by atoms with Crippen LogP contribution in [-0.4, -0.2) is 26.5 Å². The first-order valence-electron chi connectivity index (χ1n) is 5.66. The van der Waals surface area contributed by atoms with Crippen LogP contribution in [0, 0.1) is 12.7 Å². The summed E-state index contributed by atoms with van der Waals surface area (Å²) in [5.41, 5.74) is 0.595. The van der Waals surface area contributed by atoms with Gasteiger partial charge in [0.05, 0.1) is 12.8 Å². The second kappa shape index (κ2) is 5.78. The van der Waals surface area contributed by atoms with Crippen LogP contribution in [0.4, 0.5) is 10.1 Å². The van der Waals surface area contributed by atoms with Crippen molar-refractivity contribution in [3.8, 4) is 0 Å². The number of rotatable bonds is 4. The van der Waals surface area contributed by atoms with E-state index in [2.05, 4.69) is 14.4 Å². The Hall–Kier alpha value is -2.00. The van der Waals surface area contributed by atoms with Gasteiger partial charge in [-0.05, 0) is 30.0 Å². The smallest absolute Gasteiger partial charge is 0.350 e. The lowest BCUT2D eigenvalue weighted by Crippen LogP contribution is -2.18. The molecule has 6 nitrogen and oxygen atoms in total. The molecule has 0 spiro atoms. The fourth-order valence-electron chi connectivity index (χ4n) is 1.57. The molecule has 9 heteroatoms. The van der Waals surface area contributed by atoms with Crippen LogP contribution >= 0.6 is 11.3 Å². The van der Waals surface area contributed by atoms with E-state index < -0.39 is 26.8 Å². The first kappa shape index (κ1) is 15.4. The van der Waals surface area contributed by atoms with E-state index >= 15 is 0 Å². The zero-order valence-corrected chi connectivity index (χ0v) is 12.7. The summed E-state index contributed by atoms with van der Waals surface area (Å²) in [5.74, 6) is -1.65. The number of sulfonamides is 1. The van der Waals surface area contributed by atoms with Crippen molar-refractivity contribution in [2.75, 3.05) is 11.8 Å². The van der Waals surface area contributed by atoms with Gasteiger partial charge < -0.3 is 4.74 Å². The van der Waals surface area contributed by atoms with Crippen LogP contribution in [0.25, 0.3) is 0 Å². The summed E-state index contributed by atoms with van der Waals surface area (Å²) in [5, 5.41) is 0.866. The second-order valence-corrected chi connectivity index (χ2v) is 6.49. The molecule has 0 aromatic carbocycles. The van der Waals surface area contributed by atoms with Crippen LogP contribution in [0.5, 0.6) is 0 Å². The van der Waals surface area contributed by atoms with Gasteiger partial charge in [-0.1, -0.05) is 0 Å². The highest BCUT2D eigenvalue weighted by molar-refractivity contribution is 7.92. The largest absolute Gasteiger partial charge is 0.465 e. The molecule has 2 rings (SSSR count). The lowest BCUT2D eigenvalue weighted by molar-refractivity contribution is 0.0607. The molecular formula is C12H11FN2O4S2. The highest BCUT2D eigenvalue weighted by Crippen LogP contribution is 2.30. The van der Waals surface area contributed by atoms with Crippen molar-refractivity contribution in [3.05, 3.63) is 40.0 Å². The number of aryl methyl sites for hydroxylation is 1. The fraction of sp³-hybridized carbons (Fsp3) is 0.167. The SMILES string of the molecule is COC(=O)c1scc(C)c1NS(=O)(=O)c1ncccc1F. The molecule has 112 valence electrons. The zero-order chi connectivity index (χ0) is 15.6. The summed E-state index contributed by atoms with van der Waals surface area (Å²) in [6.45, 7) is 1.62. The molecule has 0 saturated heterocycles. The summed E-state index contributed by atoms with van der Waals surface area (Å²) in [4.78, 5) is 15.2. The highest BCUT2D eigenvalue weighted by atomic mass is 32.2. The summed E-state index contributed by atoms with van der Waals surface area (Å²) >= 11 is 1.03. The Kier molecular flexibility index (Phi) is 4.24. The number of carbonyl (C=O) groups is 1. The van der Waals surface area contributed by atoms with Crippen LogP contribution in [-0.2, 0) is 14.8 Å². The zero-order valence-electron chi connectivity index (χ0n) is 11.1. The lowest BCUT2D eigenvalue weighted by Gasteiger charge is -2.09. The minimum atomic E-state index is -4.24. The molecule has 0 radical (unpaired) electrons. The van der Waals surface area contributed by atoms with Gasteiger partial charge in [-0.2, -0.15) is 8.42 Å². The number of nitrogens with one attached hydrogen (secondary N) is 1. The topological polar surface area (TPSA) is 85.4 Å². The summed E-state index contributed by atoms with van der Waals surface area (Å²) < 4.78 is 44.7. The molecule has 2 aromatic rings. The van der Waals surface area contributed by atoms with Crippen molar-refractivity contribution < 1.29 is 22.3 Å². The molecule has 0 fully saturated rings. The van der Waals surface area contributed by atoms with Crippen molar-refractivity contribution in [1.29, 1.82) is 0 Å². The van der Waals surface area contributed by atoms with Gasteiger partial charge in [0, 0.05) is 6.20 Å². The number of ether oxygens (including phenoxy) is 1. The Labute approximate surface area is 124 Å². The van der Waals surface area contributed by atoms with Gasteiger partial charge in [0.25, 0.3) is 10.0 Å². The minimum absolute atomic E-state index is 0.0666. The number of carbonyl (C=O) groups excluding carboxylic acids is 1. The summed E-state index contributed by atoms with van der Waals surface area (Å²) in [7, 11) is -3.05. The Morgan fingerprint density at radius 1 is 1.48 bits per heavy atom. The van der Waals surface area contributed by atoms with E-state index in [0.29, 0.717) is 5.56 Å². The van der Waals surface area contributed by atoms with Crippen molar-refractivity contribution in [3.63, 3.8) is 0 Å². The van der Waals surface area contributed by atoms with Gasteiger partial charge in [0.1, 0.15) is 4.88 Å². The van der Waals surface area contributed by atoms with Crippen LogP contribution in [0.3, 0.4) is 0 Å². The molecule has 0 unspecified atom stereocenters. The molecule has 0 amide bonds. The van der Waals surface area contributed by atoms with Crippen LogP contribution in [0.1, 0.15) is 15.2 Å². The number of esters is 1. The second-order valence-electron chi connectivity index (χ2n) is 4.01. The number of hydrogen-bond donors (Lipinski definition) is 1. The fourth-order valence-corrected chi connectivity index (χ4v) is 3.70. The van der Waals surface area contributed by atoms with Crippen molar-refractivity contribution >= 4 is 33.0 Å². The molecule has 1 N–H and O–H groups in total. The maximum Gasteiger partial charge on any atom is 0.350 e. The number of methoxy groups -OCH3 is 1. The predicted molar refractivity (Wildman–Crippen MR) is 75.4 cm³/mol. The van der Waals surface area contributed by atoms with E-state index in [-0.39, 0.29) is 10.6 Å². The molecule has 21 heavy (non-hydrogen) atoms. The summed E-state index contributed by atoms with van der Waals surface area (Å²) in [6.07, 6.45) is 1.17. The van der Waals surface area contributed by atoms with E-state index in [0.717, 1.165) is 17.4 Å². The van der Waals surface area contributed by atoms with E-state index in [1.807, 2.05) is 0 Å². The minimum Gasteiger partial charge on any atom is -0.465 e. The number of hydrogen-bond acceptors (Lipinski definition) is 6. The van der Waals surface area contributed by atoms with Gasteiger partial charge in [-0.15, -0.1) is 11.3 Å². The number of halogens is 1. The first-order chi connectivity index (χ1) is 9.86.